The van der Waals surface area contributed by atoms with E-state index in [4.69, 9.17) is 0 Å². The van der Waals surface area contributed by atoms with E-state index >= 15 is 0 Å². The standard InChI is InChI=1S/C15H12BrF3N2O3S/c16-11-4-6-12(7-5-11)21-14(22)10-2-1-3-13(8-10)25(23,24)20-9-15(17,18)19/h1-8,20H,9H2,(H,21,22). The first kappa shape index (κ1) is 19.4. The minimum atomic E-state index is -4.68. The lowest BCUT2D eigenvalue weighted by Crippen LogP contribution is -2.33. The quantitative estimate of drug-likeness (QED) is 0.752. The summed E-state index contributed by atoms with van der Waals surface area (Å²) in [6.07, 6.45) is -4.68. The van der Waals surface area contributed by atoms with Gasteiger partial charge in [-0.2, -0.15) is 13.2 Å². The summed E-state index contributed by atoms with van der Waals surface area (Å²) in [6.45, 7) is -1.69. The summed E-state index contributed by atoms with van der Waals surface area (Å²) in [7, 11) is -4.38. The first-order valence-corrected chi connectivity index (χ1v) is 9.08. The van der Waals surface area contributed by atoms with Gasteiger partial charge in [0.05, 0.1) is 4.90 Å². The van der Waals surface area contributed by atoms with Crippen molar-refractivity contribution in [2.45, 2.75) is 11.1 Å². The highest BCUT2D eigenvalue weighted by Gasteiger charge is 2.30. The van der Waals surface area contributed by atoms with E-state index in [0.717, 1.165) is 16.6 Å². The van der Waals surface area contributed by atoms with Crippen molar-refractivity contribution in [3.63, 3.8) is 0 Å². The van der Waals surface area contributed by atoms with Crippen LogP contribution in [0.15, 0.2) is 57.9 Å². The monoisotopic (exact) mass is 436 g/mol. The Labute approximate surface area is 150 Å². The fraction of sp³-hybridized carbons (Fsp3) is 0.133. The maximum Gasteiger partial charge on any atom is 0.402 e. The predicted octanol–water partition coefficient (Wildman–Crippen LogP) is 3.54. The van der Waals surface area contributed by atoms with Gasteiger partial charge in [-0.25, -0.2) is 13.1 Å². The molecule has 0 saturated heterocycles. The van der Waals surface area contributed by atoms with Crippen molar-refractivity contribution in [2.75, 3.05) is 11.9 Å². The van der Waals surface area contributed by atoms with E-state index in [9.17, 15) is 26.4 Å². The summed E-state index contributed by atoms with van der Waals surface area (Å²) in [5.41, 5.74) is 0.481. The van der Waals surface area contributed by atoms with Gasteiger partial charge in [0.2, 0.25) is 10.0 Å². The molecular formula is C15H12BrF3N2O3S. The number of rotatable bonds is 5. The molecule has 0 heterocycles. The number of anilines is 1. The van der Waals surface area contributed by atoms with Gasteiger partial charge in [0.15, 0.2) is 0 Å². The van der Waals surface area contributed by atoms with Crippen LogP contribution in [0.1, 0.15) is 10.4 Å². The van der Waals surface area contributed by atoms with Gasteiger partial charge in [-0.3, -0.25) is 4.79 Å². The Morgan fingerprint density at radius 3 is 2.32 bits per heavy atom. The normalized spacial score (nSPS) is 12.0. The Morgan fingerprint density at radius 2 is 1.72 bits per heavy atom. The maximum atomic E-state index is 12.2. The Morgan fingerprint density at radius 1 is 1.08 bits per heavy atom. The number of benzene rings is 2. The smallest absolute Gasteiger partial charge is 0.322 e. The molecule has 0 fully saturated rings. The second-order valence-corrected chi connectivity index (χ2v) is 7.61. The summed E-state index contributed by atoms with van der Waals surface area (Å²) >= 11 is 3.25. The molecule has 134 valence electrons. The number of hydrogen-bond donors (Lipinski definition) is 2. The Balaban J connectivity index is 2.17. The van der Waals surface area contributed by atoms with Crippen molar-refractivity contribution >= 4 is 37.5 Å². The summed E-state index contributed by atoms with van der Waals surface area (Å²) in [4.78, 5) is 11.7. The van der Waals surface area contributed by atoms with Gasteiger partial charge in [0.1, 0.15) is 6.54 Å². The van der Waals surface area contributed by atoms with E-state index < -0.39 is 33.5 Å². The molecule has 2 aromatic rings. The molecule has 0 radical (unpaired) electrons. The molecule has 0 aromatic heterocycles. The first-order chi connectivity index (χ1) is 11.6. The topological polar surface area (TPSA) is 75.3 Å². The van der Waals surface area contributed by atoms with Crippen LogP contribution in [0.3, 0.4) is 0 Å². The fourth-order valence-corrected chi connectivity index (χ4v) is 3.13. The highest BCUT2D eigenvalue weighted by Crippen LogP contribution is 2.18. The van der Waals surface area contributed by atoms with Crippen LogP contribution in [0.25, 0.3) is 0 Å². The van der Waals surface area contributed by atoms with Crippen LogP contribution >= 0.6 is 15.9 Å². The molecule has 2 rings (SSSR count). The number of nitrogens with one attached hydrogen (secondary N) is 2. The van der Waals surface area contributed by atoms with Crippen LogP contribution in [0.2, 0.25) is 0 Å². The number of hydrogen-bond acceptors (Lipinski definition) is 3. The first-order valence-electron chi connectivity index (χ1n) is 6.80. The second-order valence-electron chi connectivity index (χ2n) is 4.93. The van der Waals surface area contributed by atoms with Crippen LogP contribution in [0.5, 0.6) is 0 Å². The maximum absolute atomic E-state index is 12.2. The molecule has 2 N–H and O–H groups in total. The van der Waals surface area contributed by atoms with Crippen molar-refractivity contribution in [1.82, 2.24) is 4.72 Å². The number of halogens is 4. The van der Waals surface area contributed by atoms with Crippen molar-refractivity contribution in [3.8, 4) is 0 Å². The van der Waals surface area contributed by atoms with Crippen LogP contribution in [0.4, 0.5) is 18.9 Å². The van der Waals surface area contributed by atoms with Gasteiger partial charge in [-0.1, -0.05) is 22.0 Å². The average Bonchev–Trinajstić information content (AvgIpc) is 2.55. The third kappa shape index (κ3) is 5.83. The third-order valence-corrected chi connectivity index (χ3v) is 4.90. The molecule has 25 heavy (non-hydrogen) atoms. The van der Waals surface area contributed by atoms with E-state index in [1.165, 1.54) is 16.9 Å². The van der Waals surface area contributed by atoms with Crippen molar-refractivity contribution < 1.29 is 26.4 Å². The predicted molar refractivity (Wildman–Crippen MR) is 89.8 cm³/mol. The molecule has 5 nitrogen and oxygen atoms in total. The zero-order chi connectivity index (χ0) is 18.7. The van der Waals surface area contributed by atoms with E-state index in [0.29, 0.717) is 5.69 Å². The van der Waals surface area contributed by atoms with Crippen molar-refractivity contribution in [2.24, 2.45) is 0 Å². The number of sulfonamides is 1. The van der Waals surface area contributed by atoms with Crippen molar-refractivity contribution in [3.05, 3.63) is 58.6 Å². The lowest BCUT2D eigenvalue weighted by atomic mass is 10.2. The van der Waals surface area contributed by atoms with E-state index in [-0.39, 0.29) is 5.56 Å². The Hall–Kier alpha value is -1.91. The van der Waals surface area contributed by atoms with E-state index in [1.54, 1.807) is 24.3 Å². The molecule has 0 atom stereocenters. The largest absolute Gasteiger partial charge is 0.402 e. The van der Waals surface area contributed by atoms with Gasteiger partial charge < -0.3 is 5.32 Å². The summed E-state index contributed by atoms with van der Waals surface area (Å²) in [5.74, 6) is -0.588. The second kappa shape index (κ2) is 7.54. The molecule has 0 aliphatic carbocycles. The molecular weight excluding hydrogens is 425 g/mol. The lowest BCUT2D eigenvalue weighted by molar-refractivity contribution is -0.121. The van der Waals surface area contributed by atoms with Crippen LogP contribution in [0, 0.1) is 0 Å². The van der Waals surface area contributed by atoms with E-state index in [2.05, 4.69) is 21.2 Å². The minimum Gasteiger partial charge on any atom is -0.322 e. The summed E-state index contributed by atoms with van der Waals surface area (Å²) in [5, 5.41) is 2.57. The molecule has 0 saturated carbocycles. The van der Waals surface area contributed by atoms with Crippen molar-refractivity contribution in [1.29, 1.82) is 0 Å². The van der Waals surface area contributed by atoms with Gasteiger partial charge in [-0.05, 0) is 42.5 Å². The minimum absolute atomic E-state index is 0.00203. The highest BCUT2D eigenvalue weighted by molar-refractivity contribution is 9.10. The average molecular weight is 437 g/mol. The highest BCUT2D eigenvalue weighted by atomic mass is 79.9. The summed E-state index contributed by atoms with van der Waals surface area (Å²) < 4.78 is 62.6. The number of carbonyl (C=O) groups excluding carboxylic acids is 1. The molecule has 0 bridgehead atoms. The zero-order valence-corrected chi connectivity index (χ0v) is 14.9. The molecule has 10 heteroatoms. The van der Waals surface area contributed by atoms with E-state index in [1.807, 2.05) is 0 Å². The Kier molecular flexibility index (Phi) is 5.86. The number of alkyl halides is 3. The molecule has 0 spiro atoms. The SMILES string of the molecule is O=C(Nc1ccc(Br)cc1)c1cccc(S(=O)(=O)NCC(F)(F)F)c1. The third-order valence-electron chi connectivity index (χ3n) is 2.97. The van der Waals surface area contributed by atoms with Gasteiger partial charge in [-0.15, -0.1) is 0 Å². The van der Waals surface area contributed by atoms with Gasteiger partial charge in [0.25, 0.3) is 5.91 Å². The van der Waals surface area contributed by atoms with Gasteiger partial charge >= 0.3 is 6.18 Å². The lowest BCUT2D eigenvalue weighted by Gasteiger charge is -2.10. The number of amides is 1. The Bertz CT molecular complexity index is 868. The van der Waals surface area contributed by atoms with Crippen LogP contribution < -0.4 is 10.0 Å². The zero-order valence-electron chi connectivity index (χ0n) is 12.5. The van der Waals surface area contributed by atoms with Crippen LogP contribution in [-0.4, -0.2) is 27.0 Å². The fourth-order valence-electron chi connectivity index (χ4n) is 1.80. The molecule has 0 unspecified atom stereocenters. The molecule has 0 aliphatic heterocycles. The van der Waals surface area contributed by atoms with Crippen LogP contribution in [-0.2, 0) is 10.0 Å². The summed E-state index contributed by atoms with van der Waals surface area (Å²) in [6, 6.07) is 11.4. The van der Waals surface area contributed by atoms with Gasteiger partial charge in [0, 0.05) is 15.7 Å². The molecule has 0 aliphatic rings. The molecule has 1 amide bonds. The molecule has 2 aromatic carbocycles. The number of carbonyl (C=O) groups is 1.